The minimum Gasteiger partial charge on any atom is -0.387 e. The van der Waals surface area contributed by atoms with E-state index in [1.54, 1.807) is 29.2 Å². The molecule has 1 aliphatic heterocycles. The summed E-state index contributed by atoms with van der Waals surface area (Å²) in [4.78, 5) is 26.3. The van der Waals surface area contributed by atoms with Crippen LogP contribution in [0.4, 0.5) is 4.39 Å². The highest BCUT2D eigenvalue weighted by Crippen LogP contribution is 2.21. The summed E-state index contributed by atoms with van der Waals surface area (Å²) in [5, 5.41) is 13.3. The van der Waals surface area contributed by atoms with Crippen LogP contribution >= 0.6 is 0 Å². The number of benzene rings is 1. The van der Waals surface area contributed by atoms with Gasteiger partial charge in [0.25, 0.3) is 0 Å². The number of hydrogen-bond donors (Lipinski definition) is 2. The third kappa shape index (κ3) is 6.03. The molecule has 0 aliphatic carbocycles. The van der Waals surface area contributed by atoms with Gasteiger partial charge >= 0.3 is 0 Å². The summed E-state index contributed by atoms with van der Waals surface area (Å²) in [6.45, 7) is 7.91. The molecule has 0 bridgehead atoms. The highest BCUT2D eigenvalue weighted by molar-refractivity contribution is 5.83. The first-order chi connectivity index (χ1) is 12.9. The molecular formula is C21H27FN2O3. The average molecular weight is 374 g/mol. The van der Waals surface area contributed by atoms with Gasteiger partial charge in [0.1, 0.15) is 5.82 Å². The number of nitrogens with one attached hydrogen (secondary N) is 1. The van der Waals surface area contributed by atoms with Crippen molar-refractivity contribution in [1.29, 1.82) is 0 Å². The molecule has 1 aromatic rings. The molecule has 146 valence electrons. The molecule has 1 saturated heterocycles. The molecule has 0 radical (unpaired) electrons. The van der Waals surface area contributed by atoms with Gasteiger partial charge in [0.05, 0.1) is 11.5 Å². The molecule has 27 heavy (non-hydrogen) atoms. The number of piperidine rings is 1. The second kappa shape index (κ2) is 9.46. The first-order valence-electron chi connectivity index (χ1n) is 9.11. The molecule has 1 fully saturated rings. The van der Waals surface area contributed by atoms with Crippen LogP contribution in [0.5, 0.6) is 0 Å². The van der Waals surface area contributed by atoms with Crippen molar-refractivity contribution in [2.75, 3.05) is 13.1 Å². The van der Waals surface area contributed by atoms with Crippen LogP contribution < -0.4 is 5.32 Å². The second-order valence-electron chi connectivity index (χ2n) is 7.07. The lowest BCUT2D eigenvalue weighted by Gasteiger charge is -2.33. The Morgan fingerprint density at radius 1 is 1.37 bits per heavy atom. The van der Waals surface area contributed by atoms with Gasteiger partial charge in [0.2, 0.25) is 11.8 Å². The van der Waals surface area contributed by atoms with Gasteiger partial charge in [-0.25, -0.2) is 4.39 Å². The van der Waals surface area contributed by atoms with E-state index in [1.165, 1.54) is 12.1 Å². The number of rotatable bonds is 9. The summed E-state index contributed by atoms with van der Waals surface area (Å²) in [6, 6.07) is 6.10. The quantitative estimate of drug-likeness (QED) is 0.653. The van der Waals surface area contributed by atoms with E-state index in [0.29, 0.717) is 24.8 Å². The molecular weight excluding hydrogens is 347 g/mol. The maximum Gasteiger partial charge on any atom is 0.225 e. The van der Waals surface area contributed by atoms with Gasteiger partial charge in [-0.3, -0.25) is 9.59 Å². The molecule has 0 saturated carbocycles. The summed E-state index contributed by atoms with van der Waals surface area (Å²) < 4.78 is 13.4. The molecule has 2 N–H and O–H groups in total. The van der Waals surface area contributed by atoms with Gasteiger partial charge in [0, 0.05) is 26.1 Å². The summed E-state index contributed by atoms with van der Waals surface area (Å²) >= 11 is 0. The number of halogens is 1. The lowest BCUT2D eigenvalue weighted by atomic mass is 9.93. The van der Waals surface area contributed by atoms with E-state index in [0.717, 1.165) is 0 Å². The number of carbonyl (C=O) groups is 2. The molecule has 1 aromatic carbocycles. The zero-order chi connectivity index (χ0) is 19.9. The Morgan fingerprint density at radius 2 is 2.07 bits per heavy atom. The van der Waals surface area contributed by atoms with Crippen molar-refractivity contribution in [3.63, 3.8) is 0 Å². The van der Waals surface area contributed by atoms with Crippen molar-refractivity contribution in [2.45, 2.75) is 37.8 Å². The SMILES string of the molecule is C=CCC(O)(CC=C)CNC(=O)C1CCC(=O)N(Cc2cccc(F)c2)C1. The van der Waals surface area contributed by atoms with Crippen molar-refractivity contribution >= 4 is 11.8 Å². The van der Waals surface area contributed by atoms with E-state index in [-0.39, 0.29) is 49.6 Å². The lowest BCUT2D eigenvalue weighted by Crippen LogP contribution is -2.49. The van der Waals surface area contributed by atoms with Gasteiger partial charge in [-0.1, -0.05) is 24.3 Å². The molecule has 0 spiro atoms. The molecule has 1 atom stereocenters. The van der Waals surface area contributed by atoms with E-state index < -0.39 is 5.60 Å². The fourth-order valence-corrected chi connectivity index (χ4v) is 3.30. The monoisotopic (exact) mass is 374 g/mol. The zero-order valence-corrected chi connectivity index (χ0v) is 15.5. The molecule has 0 aromatic heterocycles. The van der Waals surface area contributed by atoms with Crippen LogP contribution in [0.25, 0.3) is 0 Å². The molecule has 1 unspecified atom stereocenters. The standard InChI is InChI=1S/C21H27FN2O3/c1-3-10-21(27,11-4-2)15-23-20(26)17-8-9-19(25)24(14-17)13-16-6-5-7-18(22)12-16/h3-7,12,17,27H,1-2,8-11,13-15H2,(H,23,26). The summed E-state index contributed by atoms with van der Waals surface area (Å²) in [5.74, 6) is -0.945. The fraction of sp³-hybridized carbons (Fsp3) is 0.429. The Kier molecular flexibility index (Phi) is 7.30. The van der Waals surface area contributed by atoms with Crippen LogP contribution in [0.15, 0.2) is 49.6 Å². The van der Waals surface area contributed by atoms with Crippen molar-refractivity contribution in [1.82, 2.24) is 10.2 Å². The van der Waals surface area contributed by atoms with E-state index >= 15 is 0 Å². The zero-order valence-electron chi connectivity index (χ0n) is 15.5. The number of hydrogen-bond acceptors (Lipinski definition) is 3. The minimum absolute atomic E-state index is 0.0434. The first-order valence-corrected chi connectivity index (χ1v) is 9.11. The number of amides is 2. The van der Waals surface area contributed by atoms with Gasteiger partial charge in [-0.2, -0.15) is 0 Å². The van der Waals surface area contributed by atoms with E-state index in [9.17, 15) is 19.1 Å². The smallest absolute Gasteiger partial charge is 0.225 e. The van der Waals surface area contributed by atoms with E-state index in [1.807, 2.05) is 0 Å². The van der Waals surface area contributed by atoms with Gasteiger partial charge in [-0.05, 0) is 37.0 Å². The highest BCUT2D eigenvalue weighted by Gasteiger charge is 2.32. The summed E-state index contributed by atoms with van der Waals surface area (Å²) in [5.41, 5.74) is -0.416. The van der Waals surface area contributed by atoms with Crippen LogP contribution in [-0.2, 0) is 16.1 Å². The highest BCUT2D eigenvalue weighted by atomic mass is 19.1. The van der Waals surface area contributed by atoms with Crippen LogP contribution in [-0.4, -0.2) is 40.5 Å². The third-order valence-corrected chi connectivity index (χ3v) is 4.77. The molecule has 2 rings (SSSR count). The fourth-order valence-electron chi connectivity index (χ4n) is 3.30. The minimum atomic E-state index is -1.11. The summed E-state index contributed by atoms with van der Waals surface area (Å²) in [7, 11) is 0. The molecule has 1 heterocycles. The van der Waals surface area contributed by atoms with Crippen molar-refractivity contribution in [3.05, 3.63) is 61.0 Å². The Morgan fingerprint density at radius 3 is 2.70 bits per heavy atom. The molecule has 6 heteroatoms. The Hall–Kier alpha value is -2.47. The number of nitrogens with zero attached hydrogens (tertiary/aromatic N) is 1. The average Bonchev–Trinajstić information content (AvgIpc) is 2.62. The van der Waals surface area contributed by atoms with E-state index in [4.69, 9.17) is 0 Å². The van der Waals surface area contributed by atoms with Crippen LogP contribution in [0, 0.1) is 11.7 Å². The Bertz CT molecular complexity index is 694. The topological polar surface area (TPSA) is 69.6 Å². The first kappa shape index (κ1) is 20.8. The van der Waals surface area contributed by atoms with Crippen LogP contribution in [0.2, 0.25) is 0 Å². The van der Waals surface area contributed by atoms with Crippen LogP contribution in [0.1, 0.15) is 31.2 Å². The Labute approximate surface area is 159 Å². The predicted molar refractivity (Wildman–Crippen MR) is 102 cm³/mol. The number of aliphatic hydroxyl groups is 1. The molecule has 2 amide bonds. The van der Waals surface area contributed by atoms with Crippen molar-refractivity contribution in [2.24, 2.45) is 5.92 Å². The Balaban J connectivity index is 1.95. The van der Waals surface area contributed by atoms with Crippen molar-refractivity contribution < 1.29 is 19.1 Å². The van der Waals surface area contributed by atoms with Gasteiger partial charge < -0.3 is 15.3 Å². The second-order valence-corrected chi connectivity index (χ2v) is 7.07. The number of likely N-dealkylation sites (tertiary alicyclic amines) is 1. The third-order valence-electron chi connectivity index (χ3n) is 4.77. The van der Waals surface area contributed by atoms with Gasteiger partial charge in [-0.15, -0.1) is 13.2 Å². The van der Waals surface area contributed by atoms with E-state index in [2.05, 4.69) is 18.5 Å². The lowest BCUT2D eigenvalue weighted by molar-refractivity contribution is -0.139. The number of carbonyl (C=O) groups excluding carboxylic acids is 2. The predicted octanol–water partition coefficient (Wildman–Crippen LogP) is 2.56. The molecule has 1 aliphatic rings. The van der Waals surface area contributed by atoms with Crippen LogP contribution in [0.3, 0.4) is 0 Å². The largest absolute Gasteiger partial charge is 0.387 e. The molecule has 5 nitrogen and oxygen atoms in total. The van der Waals surface area contributed by atoms with Crippen molar-refractivity contribution in [3.8, 4) is 0 Å². The summed E-state index contributed by atoms with van der Waals surface area (Å²) in [6.07, 6.45) is 4.64. The maximum atomic E-state index is 13.4. The normalized spacial score (nSPS) is 17.5. The van der Waals surface area contributed by atoms with Gasteiger partial charge in [0.15, 0.2) is 0 Å². The maximum absolute atomic E-state index is 13.4.